The minimum atomic E-state index is -3.88. The molecule has 0 aromatic heterocycles. The summed E-state index contributed by atoms with van der Waals surface area (Å²) in [5.41, 5.74) is 1.22. The molecule has 2 aromatic carbocycles. The molecule has 0 radical (unpaired) electrons. The lowest BCUT2D eigenvalue weighted by molar-refractivity contribution is -0.139. The molecular formula is C27H39N3O6S. The summed E-state index contributed by atoms with van der Waals surface area (Å²) in [5.74, 6) is 0.238. The van der Waals surface area contributed by atoms with E-state index in [1.54, 1.807) is 12.1 Å². The number of hydrogen-bond acceptors (Lipinski definition) is 6. The van der Waals surface area contributed by atoms with Crippen molar-refractivity contribution in [2.45, 2.75) is 39.7 Å². The van der Waals surface area contributed by atoms with Gasteiger partial charge in [0, 0.05) is 19.2 Å². The highest BCUT2D eigenvalue weighted by molar-refractivity contribution is 7.92. The van der Waals surface area contributed by atoms with Gasteiger partial charge in [0.15, 0.2) is 0 Å². The van der Waals surface area contributed by atoms with E-state index in [1.165, 1.54) is 25.2 Å². The summed E-state index contributed by atoms with van der Waals surface area (Å²) < 4.78 is 37.3. The Kier molecular flexibility index (Phi) is 11.2. The maximum atomic E-state index is 13.7. The Morgan fingerprint density at radius 2 is 1.70 bits per heavy atom. The van der Waals surface area contributed by atoms with Crippen LogP contribution in [0.4, 0.5) is 5.69 Å². The zero-order valence-electron chi connectivity index (χ0n) is 22.6. The molecule has 0 heterocycles. The van der Waals surface area contributed by atoms with Gasteiger partial charge in [-0.05, 0) is 36.5 Å². The molecule has 1 N–H and O–H groups in total. The van der Waals surface area contributed by atoms with Gasteiger partial charge >= 0.3 is 0 Å². The number of benzene rings is 2. The fraction of sp³-hybridized carbons (Fsp3) is 0.481. The van der Waals surface area contributed by atoms with Gasteiger partial charge in [0.2, 0.25) is 21.8 Å². The van der Waals surface area contributed by atoms with Gasteiger partial charge in [-0.3, -0.25) is 13.9 Å². The van der Waals surface area contributed by atoms with Crippen LogP contribution in [0.2, 0.25) is 0 Å². The lowest BCUT2D eigenvalue weighted by atomic mass is 10.1. The Labute approximate surface area is 220 Å². The van der Waals surface area contributed by atoms with Crippen LogP contribution in [0.5, 0.6) is 11.5 Å². The highest BCUT2D eigenvalue weighted by Gasteiger charge is 2.32. The summed E-state index contributed by atoms with van der Waals surface area (Å²) in [6.07, 6.45) is 1.94. The van der Waals surface area contributed by atoms with Crippen molar-refractivity contribution >= 4 is 27.5 Å². The Hall–Kier alpha value is -3.27. The van der Waals surface area contributed by atoms with E-state index in [-0.39, 0.29) is 29.8 Å². The molecule has 2 rings (SSSR count). The molecular weight excluding hydrogens is 494 g/mol. The van der Waals surface area contributed by atoms with Crippen LogP contribution in [-0.4, -0.2) is 71.3 Å². The van der Waals surface area contributed by atoms with Crippen LogP contribution in [0.15, 0.2) is 48.5 Å². The lowest BCUT2D eigenvalue weighted by Crippen LogP contribution is -2.53. The first-order chi connectivity index (χ1) is 17.5. The largest absolute Gasteiger partial charge is 0.497 e. The third-order valence-corrected chi connectivity index (χ3v) is 7.02. The molecule has 0 aliphatic rings. The second kappa shape index (κ2) is 13.9. The number of nitrogens with one attached hydrogen (secondary N) is 1. The van der Waals surface area contributed by atoms with Crippen molar-refractivity contribution in [2.24, 2.45) is 5.92 Å². The second-order valence-corrected chi connectivity index (χ2v) is 11.1. The van der Waals surface area contributed by atoms with E-state index in [1.807, 2.05) is 51.1 Å². The number of hydrogen-bond donors (Lipinski definition) is 1. The molecule has 0 bridgehead atoms. The highest BCUT2D eigenvalue weighted by Crippen LogP contribution is 2.33. The minimum Gasteiger partial charge on any atom is -0.497 e. The predicted molar refractivity (Wildman–Crippen MR) is 146 cm³/mol. The number of rotatable bonds is 14. The molecule has 0 aliphatic carbocycles. The summed E-state index contributed by atoms with van der Waals surface area (Å²) in [6, 6.07) is 13.6. The Morgan fingerprint density at radius 3 is 2.24 bits per heavy atom. The Bertz CT molecular complexity index is 1140. The van der Waals surface area contributed by atoms with Gasteiger partial charge in [0.25, 0.3) is 0 Å². The van der Waals surface area contributed by atoms with E-state index in [4.69, 9.17) is 9.47 Å². The number of carbonyl (C=O) groups is 2. The van der Waals surface area contributed by atoms with Crippen molar-refractivity contribution in [1.29, 1.82) is 0 Å². The van der Waals surface area contributed by atoms with E-state index in [0.29, 0.717) is 25.1 Å². The smallest absolute Gasteiger partial charge is 0.244 e. The summed E-state index contributed by atoms with van der Waals surface area (Å²) in [5, 5.41) is 2.91. The fourth-order valence-electron chi connectivity index (χ4n) is 3.90. The van der Waals surface area contributed by atoms with Gasteiger partial charge in [-0.1, -0.05) is 51.1 Å². The number of methoxy groups -OCH3 is 2. The maximum Gasteiger partial charge on any atom is 0.244 e. The maximum absolute atomic E-state index is 13.7. The van der Waals surface area contributed by atoms with Gasteiger partial charge in [-0.15, -0.1) is 0 Å². The van der Waals surface area contributed by atoms with E-state index in [9.17, 15) is 18.0 Å². The molecule has 10 heteroatoms. The van der Waals surface area contributed by atoms with Gasteiger partial charge < -0.3 is 19.7 Å². The van der Waals surface area contributed by atoms with Crippen molar-refractivity contribution < 1.29 is 27.5 Å². The number of ether oxygens (including phenoxy) is 2. The first-order valence-corrected chi connectivity index (χ1v) is 14.2. The third-order valence-electron chi connectivity index (χ3n) is 5.89. The topological polar surface area (TPSA) is 105 Å². The standard InChI is InChI=1S/C27H39N3O6S/c1-7-23(27(32)28-18-20(2)3)29(16-15-21-11-9-8-10-12-21)26(31)19-30(37(6,33)34)24-14-13-22(35-4)17-25(24)36-5/h8-14,17,20,23H,7,15-16,18-19H2,1-6H3,(H,28,32). The predicted octanol–water partition coefficient (Wildman–Crippen LogP) is 3.09. The number of anilines is 1. The minimum absolute atomic E-state index is 0.208. The van der Waals surface area contributed by atoms with Gasteiger partial charge in [-0.25, -0.2) is 8.42 Å². The Morgan fingerprint density at radius 1 is 1.03 bits per heavy atom. The van der Waals surface area contributed by atoms with Gasteiger partial charge in [0.05, 0.1) is 26.2 Å². The van der Waals surface area contributed by atoms with Gasteiger partial charge in [-0.2, -0.15) is 0 Å². The summed E-state index contributed by atoms with van der Waals surface area (Å²) >= 11 is 0. The summed E-state index contributed by atoms with van der Waals surface area (Å²) in [6.45, 7) is 6.08. The molecule has 9 nitrogen and oxygen atoms in total. The molecule has 1 atom stereocenters. The SMILES string of the molecule is CCC(C(=O)NCC(C)C)N(CCc1ccccc1)C(=O)CN(c1ccc(OC)cc1OC)S(C)(=O)=O. The fourth-order valence-corrected chi connectivity index (χ4v) is 4.76. The first kappa shape index (κ1) is 30.0. The quantitative estimate of drug-likeness (QED) is 0.400. The average Bonchev–Trinajstić information content (AvgIpc) is 2.87. The normalized spacial score (nSPS) is 12.1. The number of amides is 2. The zero-order chi connectivity index (χ0) is 27.6. The van der Waals surface area contributed by atoms with Gasteiger partial charge in [0.1, 0.15) is 24.1 Å². The number of nitrogens with zero attached hydrogens (tertiary/aromatic N) is 2. The van der Waals surface area contributed by atoms with Crippen LogP contribution in [0.25, 0.3) is 0 Å². The number of sulfonamides is 1. The lowest BCUT2D eigenvalue weighted by Gasteiger charge is -2.33. The molecule has 0 saturated carbocycles. The molecule has 2 amide bonds. The Balaban J connectivity index is 2.42. The van der Waals surface area contributed by atoms with Crippen LogP contribution >= 0.6 is 0 Å². The van der Waals surface area contributed by atoms with Crippen molar-refractivity contribution in [3.8, 4) is 11.5 Å². The van der Waals surface area contributed by atoms with Crippen LogP contribution in [0.3, 0.4) is 0 Å². The van der Waals surface area contributed by atoms with Crippen LogP contribution < -0.4 is 19.1 Å². The van der Waals surface area contributed by atoms with Crippen molar-refractivity contribution in [1.82, 2.24) is 10.2 Å². The number of carbonyl (C=O) groups excluding carboxylic acids is 2. The third kappa shape index (κ3) is 8.66. The van der Waals surface area contributed by atoms with E-state index in [0.717, 1.165) is 16.1 Å². The highest BCUT2D eigenvalue weighted by atomic mass is 32.2. The molecule has 0 fully saturated rings. The molecule has 0 saturated heterocycles. The molecule has 1 unspecified atom stereocenters. The van der Waals surface area contributed by atoms with E-state index < -0.39 is 28.5 Å². The zero-order valence-corrected chi connectivity index (χ0v) is 23.4. The summed E-state index contributed by atoms with van der Waals surface area (Å²) in [4.78, 5) is 28.3. The van der Waals surface area contributed by atoms with Crippen molar-refractivity contribution in [3.63, 3.8) is 0 Å². The summed E-state index contributed by atoms with van der Waals surface area (Å²) in [7, 11) is -0.968. The van der Waals surface area contributed by atoms with Crippen LogP contribution in [0, 0.1) is 5.92 Å². The van der Waals surface area contributed by atoms with E-state index >= 15 is 0 Å². The molecule has 37 heavy (non-hydrogen) atoms. The van der Waals surface area contributed by atoms with Crippen molar-refractivity contribution in [2.75, 3.05) is 44.4 Å². The average molecular weight is 534 g/mol. The second-order valence-electron chi connectivity index (χ2n) is 9.19. The first-order valence-electron chi connectivity index (χ1n) is 12.3. The van der Waals surface area contributed by atoms with Crippen LogP contribution in [-0.2, 0) is 26.0 Å². The van der Waals surface area contributed by atoms with Crippen molar-refractivity contribution in [3.05, 3.63) is 54.1 Å². The van der Waals surface area contributed by atoms with Crippen LogP contribution in [0.1, 0.15) is 32.8 Å². The molecule has 204 valence electrons. The molecule has 2 aromatic rings. The van der Waals surface area contributed by atoms with E-state index in [2.05, 4.69) is 5.32 Å². The molecule has 0 spiro atoms. The monoisotopic (exact) mass is 533 g/mol. The molecule has 0 aliphatic heterocycles.